The fourth-order valence-electron chi connectivity index (χ4n) is 2.01. The number of hydrazone groups is 1. The molecule has 2 aromatic carbocycles. The van der Waals surface area contributed by atoms with E-state index in [-0.39, 0.29) is 11.7 Å². The van der Waals surface area contributed by atoms with Gasteiger partial charge in [0.05, 0.1) is 18.4 Å². The van der Waals surface area contributed by atoms with E-state index in [1.807, 2.05) is 19.1 Å². The first kappa shape index (κ1) is 16.4. The highest BCUT2D eigenvalue weighted by atomic mass is 16.5. The lowest BCUT2D eigenvalue weighted by molar-refractivity contribution is 0.0956. The molecule has 0 saturated carbocycles. The van der Waals surface area contributed by atoms with Gasteiger partial charge >= 0.3 is 0 Å². The summed E-state index contributed by atoms with van der Waals surface area (Å²) in [6.07, 6.45) is 1.49. The van der Waals surface area contributed by atoms with E-state index < -0.39 is 0 Å². The number of rotatable bonds is 6. The maximum atomic E-state index is 12.1. The summed E-state index contributed by atoms with van der Waals surface area (Å²) < 4.78 is 5.30. The summed E-state index contributed by atoms with van der Waals surface area (Å²) in [4.78, 5) is 12.1. The number of anilines is 1. The zero-order valence-electron chi connectivity index (χ0n) is 13.0. The lowest BCUT2D eigenvalue weighted by Crippen LogP contribution is -2.18. The van der Waals surface area contributed by atoms with E-state index in [4.69, 9.17) is 4.74 Å². The maximum Gasteiger partial charge on any atom is 0.273 e. The topological polar surface area (TPSA) is 83.0 Å². The molecule has 0 bridgehead atoms. The molecular formula is C17H19N3O3. The smallest absolute Gasteiger partial charge is 0.273 e. The molecule has 6 nitrogen and oxygen atoms in total. The molecule has 0 aliphatic heterocycles. The third-order valence-electron chi connectivity index (χ3n) is 3.10. The Hall–Kier alpha value is -3.02. The molecule has 0 aromatic heterocycles. The lowest BCUT2D eigenvalue weighted by atomic mass is 10.1. The van der Waals surface area contributed by atoms with Crippen LogP contribution in [0.15, 0.2) is 47.6 Å². The van der Waals surface area contributed by atoms with E-state index in [2.05, 4.69) is 15.8 Å². The molecule has 0 saturated heterocycles. The van der Waals surface area contributed by atoms with Crippen molar-refractivity contribution in [2.45, 2.75) is 6.92 Å². The minimum Gasteiger partial charge on any atom is -0.504 e. The van der Waals surface area contributed by atoms with Crippen molar-refractivity contribution in [1.29, 1.82) is 0 Å². The van der Waals surface area contributed by atoms with Crippen molar-refractivity contribution in [3.8, 4) is 11.5 Å². The Balaban J connectivity index is 2.06. The van der Waals surface area contributed by atoms with Gasteiger partial charge in [0, 0.05) is 12.7 Å². The van der Waals surface area contributed by atoms with Crippen LogP contribution in [0.5, 0.6) is 11.5 Å². The van der Waals surface area contributed by atoms with Gasteiger partial charge in [-0.3, -0.25) is 4.79 Å². The number of nitrogens with one attached hydrogen (secondary N) is 2. The SMILES string of the molecule is CCOc1cc(/C=N/NC(=O)c2ccccc2NC)ccc1O. The van der Waals surface area contributed by atoms with E-state index in [1.54, 1.807) is 31.3 Å². The molecule has 0 heterocycles. The average molecular weight is 313 g/mol. The summed E-state index contributed by atoms with van der Waals surface area (Å²) in [6, 6.07) is 12.0. The van der Waals surface area contributed by atoms with Gasteiger partial charge in [-0.15, -0.1) is 0 Å². The zero-order chi connectivity index (χ0) is 16.7. The first-order valence-corrected chi connectivity index (χ1v) is 7.21. The van der Waals surface area contributed by atoms with Crippen LogP contribution in [0.3, 0.4) is 0 Å². The van der Waals surface area contributed by atoms with Crippen LogP contribution >= 0.6 is 0 Å². The Morgan fingerprint density at radius 3 is 2.83 bits per heavy atom. The first-order valence-electron chi connectivity index (χ1n) is 7.21. The van der Waals surface area contributed by atoms with Crippen LogP contribution in [-0.2, 0) is 0 Å². The summed E-state index contributed by atoms with van der Waals surface area (Å²) in [6.45, 7) is 2.28. The van der Waals surface area contributed by atoms with Gasteiger partial charge in [-0.1, -0.05) is 12.1 Å². The van der Waals surface area contributed by atoms with Crippen molar-refractivity contribution < 1.29 is 14.6 Å². The van der Waals surface area contributed by atoms with Gasteiger partial charge in [0.1, 0.15) is 0 Å². The minimum absolute atomic E-state index is 0.0657. The monoisotopic (exact) mass is 313 g/mol. The molecule has 2 rings (SSSR count). The van der Waals surface area contributed by atoms with Gasteiger partial charge in [0.2, 0.25) is 0 Å². The fourth-order valence-corrected chi connectivity index (χ4v) is 2.01. The van der Waals surface area contributed by atoms with E-state index in [9.17, 15) is 9.90 Å². The molecule has 23 heavy (non-hydrogen) atoms. The standard InChI is InChI=1S/C17H19N3O3/c1-3-23-16-10-12(8-9-15(16)21)11-19-20-17(22)13-6-4-5-7-14(13)18-2/h4-11,18,21H,3H2,1-2H3,(H,20,22)/b19-11+. The Kier molecular flexibility index (Phi) is 5.57. The molecule has 0 spiro atoms. The second-order valence-corrected chi connectivity index (χ2v) is 4.65. The molecule has 0 aliphatic carbocycles. The highest BCUT2D eigenvalue weighted by Gasteiger charge is 2.08. The summed E-state index contributed by atoms with van der Waals surface area (Å²) in [5, 5.41) is 16.5. The normalized spacial score (nSPS) is 10.5. The number of phenolic OH excluding ortho intramolecular Hbond substituents is 1. The summed E-state index contributed by atoms with van der Waals surface area (Å²) in [5.74, 6) is 0.134. The van der Waals surface area contributed by atoms with Crippen molar-refractivity contribution in [2.24, 2.45) is 5.10 Å². The number of nitrogens with zero attached hydrogens (tertiary/aromatic N) is 1. The number of carbonyl (C=O) groups is 1. The van der Waals surface area contributed by atoms with Gasteiger partial charge in [-0.05, 0) is 42.8 Å². The molecule has 120 valence electrons. The van der Waals surface area contributed by atoms with Crippen LogP contribution < -0.4 is 15.5 Å². The van der Waals surface area contributed by atoms with Crippen molar-refractivity contribution in [2.75, 3.05) is 19.0 Å². The summed E-state index contributed by atoms with van der Waals surface area (Å²) >= 11 is 0. The predicted molar refractivity (Wildman–Crippen MR) is 90.3 cm³/mol. The van der Waals surface area contributed by atoms with Crippen LogP contribution in [-0.4, -0.2) is 30.9 Å². The number of ether oxygens (including phenoxy) is 1. The molecule has 0 aliphatic rings. The molecule has 1 amide bonds. The van der Waals surface area contributed by atoms with Crippen molar-refractivity contribution in [1.82, 2.24) is 5.43 Å². The van der Waals surface area contributed by atoms with E-state index in [1.165, 1.54) is 12.3 Å². The predicted octanol–water partition coefficient (Wildman–Crippen LogP) is 2.60. The Labute approximate surface area is 134 Å². The molecule has 0 unspecified atom stereocenters. The fraction of sp³-hybridized carbons (Fsp3) is 0.176. The quantitative estimate of drug-likeness (QED) is 0.565. The Morgan fingerprint density at radius 2 is 2.09 bits per heavy atom. The number of hydrogen-bond acceptors (Lipinski definition) is 5. The minimum atomic E-state index is -0.310. The molecule has 3 N–H and O–H groups in total. The number of phenols is 1. The van der Waals surface area contributed by atoms with Crippen molar-refractivity contribution >= 4 is 17.8 Å². The van der Waals surface area contributed by atoms with Crippen molar-refractivity contribution in [3.05, 3.63) is 53.6 Å². The number of carbonyl (C=O) groups excluding carboxylic acids is 1. The van der Waals surface area contributed by atoms with Crippen LogP contribution in [0.4, 0.5) is 5.69 Å². The molecular weight excluding hydrogens is 294 g/mol. The molecule has 6 heteroatoms. The third-order valence-corrected chi connectivity index (χ3v) is 3.10. The average Bonchev–Trinajstić information content (AvgIpc) is 2.57. The van der Waals surface area contributed by atoms with E-state index >= 15 is 0 Å². The lowest BCUT2D eigenvalue weighted by Gasteiger charge is -2.07. The Morgan fingerprint density at radius 1 is 1.30 bits per heavy atom. The molecule has 0 radical (unpaired) electrons. The highest BCUT2D eigenvalue weighted by Crippen LogP contribution is 2.26. The van der Waals surface area contributed by atoms with Crippen LogP contribution in [0.25, 0.3) is 0 Å². The number of para-hydroxylation sites is 1. The third kappa shape index (κ3) is 4.23. The second kappa shape index (κ2) is 7.84. The molecule has 0 fully saturated rings. The second-order valence-electron chi connectivity index (χ2n) is 4.65. The van der Waals surface area contributed by atoms with Gasteiger partial charge in [-0.2, -0.15) is 5.10 Å². The Bertz CT molecular complexity index is 714. The van der Waals surface area contributed by atoms with Gasteiger partial charge in [-0.25, -0.2) is 5.43 Å². The van der Waals surface area contributed by atoms with Crippen molar-refractivity contribution in [3.63, 3.8) is 0 Å². The van der Waals surface area contributed by atoms with Gasteiger partial charge < -0.3 is 15.2 Å². The highest BCUT2D eigenvalue weighted by molar-refractivity contribution is 5.99. The van der Waals surface area contributed by atoms with Gasteiger partial charge in [0.15, 0.2) is 11.5 Å². The first-order chi connectivity index (χ1) is 11.2. The van der Waals surface area contributed by atoms with Crippen LogP contribution in [0.1, 0.15) is 22.8 Å². The van der Waals surface area contributed by atoms with Gasteiger partial charge in [0.25, 0.3) is 5.91 Å². The maximum absolute atomic E-state index is 12.1. The summed E-state index contributed by atoms with van der Waals surface area (Å²) in [7, 11) is 1.75. The number of hydrogen-bond donors (Lipinski definition) is 3. The van der Waals surface area contributed by atoms with Crippen LogP contribution in [0.2, 0.25) is 0 Å². The van der Waals surface area contributed by atoms with E-state index in [0.717, 1.165) is 5.69 Å². The van der Waals surface area contributed by atoms with Crippen LogP contribution in [0, 0.1) is 0 Å². The van der Waals surface area contributed by atoms with E-state index in [0.29, 0.717) is 23.5 Å². The number of amides is 1. The molecule has 2 aromatic rings. The summed E-state index contributed by atoms with van der Waals surface area (Å²) in [5.41, 5.74) is 4.41. The largest absolute Gasteiger partial charge is 0.504 e. The number of aromatic hydroxyl groups is 1. The zero-order valence-corrected chi connectivity index (χ0v) is 13.0. The molecule has 0 atom stereocenters. The number of benzene rings is 2.